The predicted molar refractivity (Wildman–Crippen MR) is 135 cm³/mol. The fourth-order valence-corrected chi connectivity index (χ4v) is 4.15. The van der Waals surface area contributed by atoms with Crippen LogP contribution in [0, 0.1) is 6.92 Å². The highest BCUT2D eigenvalue weighted by molar-refractivity contribution is 6.10. The molecule has 3 aromatic carbocycles. The smallest absolute Gasteiger partial charge is 0.325 e. The van der Waals surface area contributed by atoms with Gasteiger partial charge in [0.2, 0.25) is 5.91 Å². The van der Waals surface area contributed by atoms with Gasteiger partial charge in [-0.2, -0.15) is 0 Å². The summed E-state index contributed by atoms with van der Waals surface area (Å²) in [6.07, 6.45) is 0. The largest absolute Gasteiger partial charge is 0.495 e. The zero-order valence-electron chi connectivity index (χ0n) is 20.1. The van der Waals surface area contributed by atoms with Crippen LogP contribution in [0.4, 0.5) is 16.2 Å². The van der Waals surface area contributed by atoms with Gasteiger partial charge in [-0.1, -0.05) is 36.4 Å². The number of amides is 5. The highest BCUT2D eigenvalue weighted by Gasteiger charge is 2.50. The van der Waals surface area contributed by atoms with E-state index in [1.807, 2.05) is 19.1 Å². The molecule has 1 heterocycles. The number of rotatable bonds is 7. The Bertz CT molecular complexity index is 1340. The summed E-state index contributed by atoms with van der Waals surface area (Å²) in [6.45, 7) is 3.04. The minimum Gasteiger partial charge on any atom is -0.495 e. The first kappa shape index (κ1) is 24.5. The van der Waals surface area contributed by atoms with Crippen LogP contribution < -0.4 is 20.7 Å². The molecule has 0 saturated carbocycles. The second-order valence-electron chi connectivity index (χ2n) is 8.54. The maximum absolute atomic E-state index is 13.1. The van der Waals surface area contributed by atoms with E-state index < -0.39 is 29.9 Å². The average Bonchev–Trinajstić information content (AvgIpc) is 3.08. The van der Waals surface area contributed by atoms with Crippen molar-refractivity contribution >= 4 is 35.1 Å². The van der Waals surface area contributed by atoms with Gasteiger partial charge in [-0.05, 0) is 61.4 Å². The summed E-state index contributed by atoms with van der Waals surface area (Å²) < 4.78 is 5.24. The lowest BCUT2D eigenvalue weighted by Gasteiger charge is -2.24. The van der Waals surface area contributed by atoms with E-state index in [0.717, 1.165) is 10.5 Å². The molecule has 4 rings (SSSR count). The zero-order chi connectivity index (χ0) is 25.9. The first-order chi connectivity index (χ1) is 17.2. The van der Waals surface area contributed by atoms with E-state index in [4.69, 9.17) is 4.74 Å². The molecule has 1 atom stereocenters. The molecule has 9 heteroatoms. The highest BCUT2D eigenvalue weighted by atomic mass is 16.5. The normalized spacial score (nSPS) is 16.9. The first-order valence-electron chi connectivity index (χ1n) is 11.3. The molecule has 184 valence electrons. The fraction of sp³-hybridized carbons (Fsp3) is 0.185. The topological polar surface area (TPSA) is 117 Å². The lowest BCUT2D eigenvalue weighted by atomic mass is 9.88. The minimum atomic E-state index is -1.25. The summed E-state index contributed by atoms with van der Waals surface area (Å²) in [5, 5.41) is 8.15. The maximum Gasteiger partial charge on any atom is 0.325 e. The van der Waals surface area contributed by atoms with Crippen LogP contribution in [0.2, 0.25) is 0 Å². The molecule has 1 aliphatic heterocycles. The van der Waals surface area contributed by atoms with Crippen LogP contribution in [-0.2, 0) is 15.1 Å². The molecule has 3 aromatic rings. The lowest BCUT2D eigenvalue weighted by Crippen LogP contribution is -2.42. The molecule has 1 unspecified atom stereocenters. The minimum absolute atomic E-state index is 0.341. The monoisotopic (exact) mass is 486 g/mol. The molecule has 1 fully saturated rings. The third-order valence-corrected chi connectivity index (χ3v) is 6.05. The van der Waals surface area contributed by atoms with Gasteiger partial charge in [-0.15, -0.1) is 0 Å². The van der Waals surface area contributed by atoms with Crippen LogP contribution in [0.25, 0.3) is 0 Å². The number of hydrogen-bond donors (Lipinski definition) is 3. The van der Waals surface area contributed by atoms with E-state index in [0.29, 0.717) is 28.3 Å². The van der Waals surface area contributed by atoms with Crippen LogP contribution in [0.5, 0.6) is 5.75 Å². The van der Waals surface area contributed by atoms with Crippen molar-refractivity contribution in [2.75, 3.05) is 24.3 Å². The summed E-state index contributed by atoms with van der Waals surface area (Å²) in [5.41, 5.74) is 1.61. The van der Waals surface area contributed by atoms with Crippen molar-refractivity contribution in [1.82, 2.24) is 10.2 Å². The van der Waals surface area contributed by atoms with Gasteiger partial charge in [0.15, 0.2) is 0 Å². The van der Waals surface area contributed by atoms with Gasteiger partial charge >= 0.3 is 6.03 Å². The van der Waals surface area contributed by atoms with Gasteiger partial charge in [0.05, 0.1) is 12.8 Å². The summed E-state index contributed by atoms with van der Waals surface area (Å²) in [6, 6.07) is 19.9. The number of carbonyl (C=O) groups excluding carboxylic acids is 4. The van der Waals surface area contributed by atoms with Crippen molar-refractivity contribution in [2.24, 2.45) is 0 Å². The Hall–Kier alpha value is -4.66. The Labute approximate surface area is 208 Å². The number of nitrogens with one attached hydrogen (secondary N) is 3. The Morgan fingerprint density at radius 1 is 0.944 bits per heavy atom. The van der Waals surface area contributed by atoms with E-state index in [-0.39, 0.29) is 5.91 Å². The number of anilines is 2. The van der Waals surface area contributed by atoms with Crippen LogP contribution in [0.15, 0.2) is 72.8 Å². The molecule has 1 aliphatic rings. The lowest BCUT2D eigenvalue weighted by molar-refractivity contribution is -0.133. The number of methoxy groups -OCH3 is 1. The highest BCUT2D eigenvalue weighted by Crippen LogP contribution is 2.31. The van der Waals surface area contributed by atoms with Crippen molar-refractivity contribution < 1.29 is 23.9 Å². The second kappa shape index (κ2) is 9.91. The Morgan fingerprint density at radius 2 is 1.61 bits per heavy atom. The Kier molecular flexibility index (Phi) is 6.73. The molecule has 36 heavy (non-hydrogen) atoms. The SMILES string of the molecule is COc1ccccc1NC(=O)c1ccc(NC(=O)CN2C(=O)NC(C)(c3ccccc3C)C2=O)cc1. The quantitative estimate of drug-likeness (QED) is 0.441. The van der Waals surface area contributed by atoms with E-state index >= 15 is 0 Å². The van der Waals surface area contributed by atoms with Gasteiger partial charge in [0.25, 0.3) is 11.8 Å². The molecule has 0 aromatic heterocycles. The average molecular weight is 487 g/mol. The number of para-hydroxylation sites is 2. The van der Waals surface area contributed by atoms with Crippen molar-refractivity contribution in [1.29, 1.82) is 0 Å². The summed E-state index contributed by atoms with van der Waals surface area (Å²) in [4.78, 5) is 51.8. The van der Waals surface area contributed by atoms with E-state index in [1.165, 1.54) is 7.11 Å². The van der Waals surface area contributed by atoms with E-state index in [1.54, 1.807) is 67.6 Å². The number of carbonyl (C=O) groups is 4. The van der Waals surface area contributed by atoms with E-state index in [9.17, 15) is 19.2 Å². The van der Waals surface area contributed by atoms with Gasteiger partial charge < -0.3 is 20.7 Å². The molecule has 0 spiro atoms. The fourth-order valence-electron chi connectivity index (χ4n) is 4.15. The Balaban J connectivity index is 1.39. The predicted octanol–water partition coefficient (Wildman–Crippen LogP) is 3.66. The standard InChI is InChI=1S/C27H26N4O5/c1-17-8-4-5-9-20(17)27(2)25(34)31(26(35)30-27)16-23(32)28-19-14-12-18(13-15-19)24(33)29-21-10-6-7-11-22(21)36-3/h4-15H,16H2,1-3H3,(H,28,32)(H,29,33)(H,30,35). The van der Waals surface area contributed by atoms with Crippen LogP contribution in [0.1, 0.15) is 28.4 Å². The second-order valence-corrected chi connectivity index (χ2v) is 8.54. The molecular formula is C27H26N4O5. The molecule has 0 aliphatic carbocycles. The van der Waals surface area contributed by atoms with Crippen molar-refractivity contribution in [3.05, 3.63) is 89.5 Å². The number of ether oxygens (including phenoxy) is 1. The third-order valence-electron chi connectivity index (χ3n) is 6.05. The molecule has 3 N–H and O–H groups in total. The molecule has 0 radical (unpaired) electrons. The number of imide groups is 1. The molecule has 0 bridgehead atoms. The summed E-state index contributed by atoms with van der Waals surface area (Å²) in [5.74, 6) is -0.847. The number of benzene rings is 3. The van der Waals surface area contributed by atoms with Crippen LogP contribution in [0.3, 0.4) is 0 Å². The zero-order valence-corrected chi connectivity index (χ0v) is 20.1. The van der Waals surface area contributed by atoms with Crippen LogP contribution in [-0.4, -0.2) is 42.3 Å². The molecule has 5 amide bonds. The molecular weight excluding hydrogens is 460 g/mol. The van der Waals surface area contributed by atoms with Crippen molar-refractivity contribution in [3.63, 3.8) is 0 Å². The number of urea groups is 1. The first-order valence-corrected chi connectivity index (χ1v) is 11.3. The number of aryl methyl sites for hydroxylation is 1. The van der Waals surface area contributed by atoms with Crippen LogP contribution >= 0.6 is 0 Å². The Morgan fingerprint density at radius 3 is 2.31 bits per heavy atom. The third kappa shape index (κ3) is 4.76. The van der Waals surface area contributed by atoms with Gasteiger partial charge in [-0.3, -0.25) is 19.3 Å². The molecule has 1 saturated heterocycles. The van der Waals surface area contributed by atoms with Gasteiger partial charge in [-0.25, -0.2) is 4.79 Å². The number of hydrogen-bond acceptors (Lipinski definition) is 5. The van der Waals surface area contributed by atoms with Crippen molar-refractivity contribution in [2.45, 2.75) is 19.4 Å². The summed E-state index contributed by atoms with van der Waals surface area (Å²) in [7, 11) is 1.52. The summed E-state index contributed by atoms with van der Waals surface area (Å²) >= 11 is 0. The van der Waals surface area contributed by atoms with E-state index in [2.05, 4.69) is 16.0 Å². The number of nitrogens with zero attached hydrogens (tertiary/aromatic N) is 1. The maximum atomic E-state index is 13.1. The van der Waals surface area contributed by atoms with Crippen molar-refractivity contribution in [3.8, 4) is 5.75 Å². The molecule has 9 nitrogen and oxygen atoms in total. The van der Waals surface area contributed by atoms with Gasteiger partial charge in [0.1, 0.15) is 17.8 Å². The van der Waals surface area contributed by atoms with Gasteiger partial charge in [0, 0.05) is 11.3 Å².